The second-order valence-electron chi connectivity index (χ2n) is 10.5. The molecule has 0 N–H and O–H groups in total. The smallest absolute Gasteiger partial charge is 0.271 e. The van der Waals surface area contributed by atoms with Crippen molar-refractivity contribution in [3.63, 3.8) is 0 Å². The van der Waals surface area contributed by atoms with Crippen molar-refractivity contribution in [1.82, 2.24) is 4.57 Å². The van der Waals surface area contributed by atoms with E-state index in [0.717, 1.165) is 64.2 Å². The summed E-state index contributed by atoms with van der Waals surface area (Å²) in [5, 5.41) is 0. The Hall–Kier alpha value is -3.22. The summed E-state index contributed by atoms with van der Waals surface area (Å²) in [6.07, 6.45) is 3.77. The van der Waals surface area contributed by atoms with Crippen molar-refractivity contribution in [2.45, 2.75) is 25.5 Å². The lowest BCUT2D eigenvalue weighted by Crippen LogP contribution is -2.38. The Kier molecular flexibility index (Phi) is 8.00. The van der Waals surface area contributed by atoms with E-state index in [9.17, 15) is 4.79 Å². The number of thiazole rings is 1. The molecule has 0 saturated carbocycles. The summed E-state index contributed by atoms with van der Waals surface area (Å²) in [5.41, 5.74) is 7.76. The highest BCUT2D eigenvalue weighted by atomic mass is 127. The number of benzene rings is 4. The van der Waals surface area contributed by atoms with E-state index < -0.39 is 0 Å². The fraction of sp³-hybridized carbons (Fsp3) is 0.143. The zero-order chi connectivity index (χ0) is 29.5. The normalized spacial score (nSPS) is 15.8. The first-order valence-corrected chi connectivity index (χ1v) is 16.9. The van der Waals surface area contributed by atoms with Crippen molar-refractivity contribution in [2.75, 3.05) is 7.11 Å². The highest BCUT2D eigenvalue weighted by Gasteiger charge is 2.32. The number of hydrogen-bond acceptors (Lipinski definition) is 5. The summed E-state index contributed by atoms with van der Waals surface area (Å²) in [6.45, 7) is 0.504. The lowest BCUT2D eigenvalue weighted by molar-refractivity contribution is 0.301. The first kappa shape index (κ1) is 28.5. The Bertz CT molecular complexity index is 2040. The monoisotopic (exact) mass is 808 g/mol. The summed E-state index contributed by atoms with van der Waals surface area (Å²) >= 11 is 6.08. The first-order valence-electron chi connectivity index (χ1n) is 13.9. The third kappa shape index (κ3) is 5.49. The largest absolute Gasteiger partial charge is 0.497 e. The summed E-state index contributed by atoms with van der Waals surface area (Å²) in [5.74, 6) is 1.65. The summed E-state index contributed by atoms with van der Waals surface area (Å²) < 4.78 is 16.2. The first-order chi connectivity index (χ1) is 21.0. The van der Waals surface area contributed by atoms with Crippen LogP contribution in [0.4, 0.5) is 0 Å². The van der Waals surface area contributed by atoms with E-state index >= 15 is 0 Å². The van der Waals surface area contributed by atoms with Gasteiger partial charge in [0.05, 0.1) is 30.5 Å². The van der Waals surface area contributed by atoms with E-state index in [1.54, 1.807) is 7.11 Å². The van der Waals surface area contributed by atoms with Crippen molar-refractivity contribution in [3.8, 4) is 11.5 Å². The third-order valence-electron chi connectivity index (χ3n) is 7.85. The number of hydrogen-bond donors (Lipinski definition) is 0. The van der Waals surface area contributed by atoms with Crippen LogP contribution in [0.2, 0.25) is 0 Å². The van der Waals surface area contributed by atoms with E-state index in [-0.39, 0.29) is 11.6 Å². The van der Waals surface area contributed by atoms with Crippen molar-refractivity contribution >= 4 is 68.3 Å². The number of rotatable bonds is 6. The molecule has 1 aliphatic heterocycles. The molecule has 4 aromatic carbocycles. The number of aromatic nitrogens is 1. The molecule has 2 heterocycles. The van der Waals surface area contributed by atoms with Gasteiger partial charge in [-0.2, -0.15) is 0 Å². The maximum Gasteiger partial charge on any atom is 0.271 e. The lowest BCUT2D eigenvalue weighted by Gasteiger charge is -2.30. The molecule has 8 heteroatoms. The van der Waals surface area contributed by atoms with Gasteiger partial charge in [-0.25, -0.2) is 4.99 Å². The van der Waals surface area contributed by atoms with Crippen LogP contribution in [0, 0.1) is 7.14 Å². The van der Waals surface area contributed by atoms with Crippen molar-refractivity contribution < 1.29 is 9.47 Å². The molecule has 0 bridgehead atoms. The van der Waals surface area contributed by atoms with Gasteiger partial charge in [0.25, 0.3) is 5.56 Å². The van der Waals surface area contributed by atoms with E-state index in [2.05, 4.69) is 106 Å². The molecule has 5 nitrogen and oxygen atoms in total. The minimum Gasteiger partial charge on any atom is -0.497 e. The molecule has 214 valence electrons. The van der Waals surface area contributed by atoms with Gasteiger partial charge in [-0.15, -0.1) is 0 Å². The molecule has 0 radical (unpaired) electrons. The standard InChI is InChI=1S/C35H26I2N2O3S/c1-41-25-14-11-24(12-15-25)32-27-16-13-23-9-5-6-10-26(23)31(27)38-35-39(32)34(40)30(43-35)19-22-17-28(36)33(29(37)18-22)42-20-21-7-3-2-4-8-21/h2-12,14-15,17-19,32H,13,16,20H2,1H3/b30-19-/t32-/m0/s1. The molecule has 0 saturated heterocycles. The topological polar surface area (TPSA) is 52.8 Å². The van der Waals surface area contributed by atoms with Gasteiger partial charge in [-0.3, -0.25) is 9.36 Å². The van der Waals surface area contributed by atoms with Crippen molar-refractivity contribution in [2.24, 2.45) is 4.99 Å². The quantitative estimate of drug-likeness (QED) is 0.172. The maximum absolute atomic E-state index is 14.1. The summed E-state index contributed by atoms with van der Waals surface area (Å²) in [6, 6.07) is 30.6. The molecule has 0 fully saturated rings. The average Bonchev–Trinajstić information content (AvgIpc) is 3.34. The fourth-order valence-corrected chi connectivity index (χ4v) is 8.92. The molecule has 43 heavy (non-hydrogen) atoms. The molecular weight excluding hydrogens is 782 g/mol. The number of fused-ring (bicyclic) bond motifs is 3. The number of aryl methyl sites for hydroxylation is 1. The molecular formula is C35H26I2N2O3S. The Morgan fingerprint density at radius 2 is 1.67 bits per heavy atom. The Balaban J connectivity index is 1.32. The third-order valence-corrected chi connectivity index (χ3v) is 10.4. The zero-order valence-corrected chi connectivity index (χ0v) is 28.4. The predicted octanol–water partition coefficient (Wildman–Crippen LogP) is 7.12. The minimum absolute atomic E-state index is 0.0237. The number of allylic oxidation sites excluding steroid dienone is 1. The van der Waals surface area contributed by atoms with Gasteiger partial charge in [0, 0.05) is 5.56 Å². The Morgan fingerprint density at radius 1 is 0.953 bits per heavy atom. The second kappa shape index (κ2) is 12.0. The summed E-state index contributed by atoms with van der Waals surface area (Å²) in [4.78, 5) is 20.0. The van der Waals surface area contributed by atoms with Crippen LogP contribution in [-0.4, -0.2) is 11.7 Å². The van der Waals surface area contributed by atoms with Gasteiger partial charge >= 0.3 is 0 Å². The van der Waals surface area contributed by atoms with Crippen LogP contribution in [0.3, 0.4) is 0 Å². The fourth-order valence-electron chi connectivity index (χ4n) is 5.79. The molecule has 7 rings (SSSR count). The Labute approximate surface area is 280 Å². The molecule has 1 aliphatic carbocycles. The number of halogens is 2. The SMILES string of the molecule is COc1ccc([C@H]2C3=C(N=c4s/c(=C\c5cc(I)c(OCc6ccccc6)c(I)c5)c(=O)n42)c2ccccc2CC3)cc1. The highest BCUT2D eigenvalue weighted by Crippen LogP contribution is 2.41. The molecule has 0 amide bonds. The molecule has 1 aromatic heterocycles. The van der Waals surface area contributed by atoms with Crippen LogP contribution in [0.1, 0.15) is 40.3 Å². The highest BCUT2D eigenvalue weighted by molar-refractivity contribution is 14.1. The van der Waals surface area contributed by atoms with E-state index in [1.165, 1.54) is 22.5 Å². The van der Waals surface area contributed by atoms with Gasteiger partial charge in [-0.05, 0) is 116 Å². The molecule has 5 aromatic rings. The Morgan fingerprint density at radius 3 is 2.42 bits per heavy atom. The van der Waals surface area contributed by atoms with Crippen LogP contribution < -0.4 is 24.4 Å². The minimum atomic E-state index is -0.221. The van der Waals surface area contributed by atoms with Crippen molar-refractivity contribution in [3.05, 3.63) is 151 Å². The lowest BCUT2D eigenvalue weighted by atomic mass is 9.83. The van der Waals surface area contributed by atoms with Crippen molar-refractivity contribution in [1.29, 1.82) is 0 Å². The predicted molar refractivity (Wildman–Crippen MR) is 188 cm³/mol. The van der Waals surface area contributed by atoms with Gasteiger partial charge in [0.15, 0.2) is 4.80 Å². The number of nitrogens with zero attached hydrogens (tertiary/aromatic N) is 2. The van der Waals surface area contributed by atoms with Crippen LogP contribution in [0.5, 0.6) is 11.5 Å². The van der Waals surface area contributed by atoms with Gasteiger partial charge < -0.3 is 9.47 Å². The second-order valence-corrected chi connectivity index (χ2v) is 13.8. The number of ether oxygens (including phenoxy) is 2. The van der Waals surface area contributed by atoms with Crippen LogP contribution in [0.25, 0.3) is 11.8 Å². The zero-order valence-electron chi connectivity index (χ0n) is 23.2. The van der Waals surface area contributed by atoms with Crippen LogP contribution in [-0.2, 0) is 13.0 Å². The molecule has 2 aliphatic rings. The van der Waals surface area contributed by atoms with E-state index in [4.69, 9.17) is 14.5 Å². The van der Waals surface area contributed by atoms with Gasteiger partial charge in [-0.1, -0.05) is 78.1 Å². The number of methoxy groups -OCH3 is 1. The molecule has 0 spiro atoms. The van der Waals surface area contributed by atoms with Crippen LogP contribution in [0.15, 0.2) is 106 Å². The van der Waals surface area contributed by atoms with E-state index in [0.29, 0.717) is 11.1 Å². The van der Waals surface area contributed by atoms with E-state index in [1.807, 2.05) is 41.0 Å². The maximum atomic E-state index is 14.1. The summed E-state index contributed by atoms with van der Waals surface area (Å²) in [7, 11) is 1.67. The average molecular weight is 808 g/mol. The van der Waals surface area contributed by atoms with Gasteiger partial charge in [0.1, 0.15) is 18.1 Å². The molecule has 0 unspecified atom stereocenters. The van der Waals surface area contributed by atoms with Crippen LogP contribution >= 0.6 is 56.5 Å². The molecule has 1 atom stereocenters. The van der Waals surface area contributed by atoms with Gasteiger partial charge in [0.2, 0.25) is 0 Å².